The molecule has 0 fully saturated rings. The fourth-order valence-electron chi connectivity index (χ4n) is 2.70. The number of rotatable bonds is 12. The van der Waals surface area contributed by atoms with Gasteiger partial charge in [-0.05, 0) is 44.1 Å². The van der Waals surface area contributed by atoms with Gasteiger partial charge in [-0.2, -0.15) is 0 Å². The molecule has 0 saturated heterocycles. The number of ketones is 1. The summed E-state index contributed by atoms with van der Waals surface area (Å²) in [6.07, 6.45) is 22.1. The van der Waals surface area contributed by atoms with Crippen molar-refractivity contribution in [1.29, 1.82) is 0 Å². The van der Waals surface area contributed by atoms with Gasteiger partial charge in [-0.15, -0.1) is 0 Å². The second kappa shape index (κ2) is 13.1. The molecule has 0 aromatic carbocycles. The first kappa shape index (κ1) is 21.8. The molecule has 1 rings (SSSR count). The minimum atomic E-state index is -0.809. The molecule has 0 radical (unpaired) electrons. The molecule has 0 heterocycles. The summed E-state index contributed by atoms with van der Waals surface area (Å²) in [5.74, 6) is -0.930. The maximum Gasteiger partial charge on any atom is 0.303 e. The van der Waals surface area contributed by atoms with Crippen LogP contribution in [0.4, 0.5) is 0 Å². The molecule has 26 heavy (non-hydrogen) atoms. The second-order valence-electron chi connectivity index (χ2n) is 6.37. The molecule has 142 valence electrons. The van der Waals surface area contributed by atoms with E-state index in [1.165, 1.54) is 0 Å². The molecule has 0 amide bonds. The quantitative estimate of drug-likeness (QED) is 0.507. The zero-order valence-electron chi connectivity index (χ0n) is 15.5. The molecular weight excluding hydrogens is 328 g/mol. The smallest absolute Gasteiger partial charge is 0.303 e. The number of carbonyl (C=O) groups excluding carboxylic acids is 1. The third-order valence-electron chi connectivity index (χ3n) is 4.16. The van der Waals surface area contributed by atoms with Crippen LogP contribution in [0.2, 0.25) is 0 Å². The van der Waals surface area contributed by atoms with Crippen LogP contribution in [0.25, 0.3) is 0 Å². The van der Waals surface area contributed by atoms with Crippen LogP contribution in [0.3, 0.4) is 0 Å². The Morgan fingerprint density at radius 1 is 1.19 bits per heavy atom. The Morgan fingerprint density at radius 2 is 1.96 bits per heavy atom. The molecule has 1 aliphatic rings. The number of allylic oxidation sites excluding steroid dienone is 8. The van der Waals surface area contributed by atoms with Crippen LogP contribution in [0.5, 0.6) is 0 Å². The van der Waals surface area contributed by atoms with Gasteiger partial charge in [0.15, 0.2) is 5.78 Å². The van der Waals surface area contributed by atoms with Gasteiger partial charge >= 0.3 is 5.97 Å². The van der Waals surface area contributed by atoms with Gasteiger partial charge in [-0.1, -0.05) is 61.6 Å². The van der Waals surface area contributed by atoms with Gasteiger partial charge in [0.1, 0.15) is 0 Å². The Bertz CT molecular complexity index is 581. The van der Waals surface area contributed by atoms with Crippen LogP contribution in [0, 0.1) is 11.8 Å². The monoisotopic (exact) mass is 358 g/mol. The molecule has 4 nitrogen and oxygen atoms in total. The van der Waals surface area contributed by atoms with Crippen molar-refractivity contribution in [3.63, 3.8) is 0 Å². The molecule has 0 saturated carbocycles. The first-order valence-corrected chi connectivity index (χ1v) is 9.29. The van der Waals surface area contributed by atoms with E-state index in [0.717, 1.165) is 12.8 Å². The average Bonchev–Trinajstić information content (AvgIpc) is 2.95. The van der Waals surface area contributed by atoms with Crippen molar-refractivity contribution >= 4 is 11.8 Å². The lowest BCUT2D eigenvalue weighted by molar-refractivity contribution is -0.136. The van der Waals surface area contributed by atoms with E-state index in [4.69, 9.17) is 5.11 Å². The van der Waals surface area contributed by atoms with E-state index in [0.29, 0.717) is 19.3 Å². The van der Waals surface area contributed by atoms with Crippen LogP contribution in [0.1, 0.15) is 45.4 Å². The Balaban J connectivity index is 2.41. The maximum atomic E-state index is 12.0. The molecule has 0 aliphatic heterocycles. The van der Waals surface area contributed by atoms with E-state index in [1.807, 2.05) is 30.4 Å². The third-order valence-corrected chi connectivity index (χ3v) is 4.16. The summed E-state index contributed by atoms with van der Waals surface area (Å²) < 4.78 is 0. The Labute approximate surface area is 156 Å². The molecule has 0 aromatic heterocycles. The number of hydrogen-bond donors (Lipinski definition) is 2. The molecule has 2 N–H and O–H groups in total. The number of aliphatic carboxylic acids is 1. The number of carboxylic acid groups (broad SMARTS) is 1. The molecule has 0 spiro atoms. The molecular formula is C22H30O4. The van der Waals surface area contributed by atoms with E-state index in [9.17, 15) is 14.7 Å². The van der Waals surface area contributed by atoms with Crippen molar-refractivity contribution in [2.24, 2.45) is 11.8 Å². The second-order valence-corrected chi connectivity index (χ2v) is 6.37. The molecule has 1 aliphatic carbocycles. The van der Waals surface area contributed by atoms with E-state index in [-0.39, 0.29) is 24.0 Å². The predicted molar refractivity (Wildman–Crippen MR) is 105 cm³/mol. The van der Waals surface area contributed by atoms with Crippen molar-refractivity contribution in [3.8, 4) is 0 Å². The number of hydrogen-bond acceptors (Lipinski definition) is 3. The van der Waals surface area contributed by atoms with Crippen molar-refractivity contribution in [2.45, 2.75) is 51.6 Å². The minimum Gasteiger partial charge on any atom is -0.481 e. The van der Waals surface area contributed by atoms with Crippen molar-refractivity contribution in [1.82, 2.24) is 0 Å². The van der Waals surface area contributed by atoms with Gasteiger partial charge in [-0.3, -0.25) is 9.59 Å². The Morgan fingerprint density at radius 3 is 2.69 bits per heavy atom. The van der Waals surface area contributed by atoms with E-state index in [2.05, 4.69) is 19.1 Å². The summed E-state index contributed by atoms with van der Waals surface area (Å²) in [5.41, 5.74) is 0. The Kier molecular flexibility index (Phi) is 11.0. The summed E-state index contributed by atoms with van der Waals surface area (Å²) in [6, 6.07) is 0. The largest absolute Gasteiger partial charge is 0.481 e. The Hall–Kier alpha value is -2.20. The van der Waals surface area contributed by atoms with E-state index in [1.54, 1.807) is 18.2 Å². The summed E-state index contributed by atoms with van der Waals surface area (Å²) in [5, 5.41) is 18.6. The topological polar surface area (TPSA) is 74.6 Å². The fraction of sp³-hybridized carbons (Fsp3) is 0.455. The zero-order valence-corrected chi connectivity index (χ0v) is 15.5. The predicted octanol–water partition coefficient (Wildman–Crippen LogP) is 4.39. The lowest BCUT2D eigenvalue weighted by Gasteiger charge is -2.13. The van der Waals surface area contributed by atoms with Crippen LogP contribution >= 0.6 is 0 Å². The number of carboxylic acids is 1. The fourth-order valence-corrected chi connectivity index (χ4v) is 2.70. The summed E-state index contributed by atoms with van der Waals surface area (Å²) in [7, 11) is 0. The van der Waals surface area contributed by atoms with Gasteiger partial charge in [0.2, 0.25) is 0 Å². The van der Waals surface area contributed by atoms with Crippen molar-refractivity contribution in [2.75, 3.05) is 0 Å². The molecule has 0 aromatic rings. The summed E-state index contributed by atoms with van der Waals surface area (Å²) in [4.78, 5) is 22.5. The highest BCUT2D eigenvalue weighted by molar-refractivity contribution is 5.95. The van der Waals surface area contributed by atoms with E-state index < -0.39 is 12.1 Å². The lowest BCUT2D eigenvalue weighted by Crippen LogP contribution is -2.14. The molecule has 3 atom stereocenters. The average molecular weight is 358 g/mol. The minimum absolute atomic E-state index is 0.0534. The standard InChI is InChI=1S/C22H30O4/c1-2-3-4-5-6-9-12-19(23)15-16-20-18(14-17-21(20)24)11-8-7-10-13-22(25)26/h3-4,6-9,14-20,23H,2,5,10-13H2,1H3,(H,25,26)/b4-3-,8-7-,9-6-,16-15+/t18-,19+,20-/m1/s1. The first-order valence-electron chi connectivity index (χ1n) is 9.29. The van der Waals surface area contributed by atoms with Gasteiger partial charge in [0, 0.05) is 12.3 Å². The van der Waals surface area contributed by atoms with Gasteiger partial charge < -0.3 is 10.2 Å². The highest BCUT2D eigenvalue weighted by Gasteiger charge is 2.26. The lowest BCUT2D eigenvalue weighted by atomic mass is 9.90. The normalized spacial score (nSPS) is 21.8. The van der Waals surface area contributed by atoms with Crippen LogP contribution in [-0.2, 0) is 9.59 Å². The van der Waals surface area contributed by atoms with E-state index >= 15 is 0 Å². The van der Waals surface area contributed by atoms with Crippen LogP contribution < -0.4 is 0 Å². The highest BCUT2D eigenvalue weighted by Crippen LogP contribution is 2.27. The summed E-state index contributed by atoms with van der Waals surface area (Å²) in [6.45, 7) is 2.09. The first-order chi connectivity index (χ1) is 12.5. The van der Waals surface area contributed by atoms with Crippen LogP contribution in [0.15, 0.2) is 60.8 Å². The summed E-state index contributed by atoms with van der Waals surface area (Å²) >= 11 is 0. The highest BCUT2D eigenvalue weighted by atomic mass is 16.4. The zero-order chi connectivity index (χ0) is 19.2. The molecule has 0 unspecified atom stereocenters. The molecule has 0 bridgehead atoms. The SMILES string of the molecule is CC/C=C\C/C=C\C[C@H](O)/C=C/[C@H]1C(=O)C=C[C@H]1C/C=C\CCC(=O)O. The van der Waals surface area contributed by atoms with Gasteiger partial charge in [0.05, 0.1) is 6.10 Å². The van der Waals surface area contributed by atoms with Crippen molar-refractivity contribution in [3.05, 3.63) is 60.8 Å². The van der Waals surface area contributed by atoms with Gasteiger partial charge in [0.25, 0.3) is 0 Å². The number of aliphatic hydroxyl groups is 1. The van der Waals surface area contributed by atoms with Gasteiger partial charge in [-0.25, -0.2) is 0 Å². The maximum absolute atomic E-state index is 12.0. The third kappa shape index (κ3) is 9.33. The van der Waals surface area contributed by atoms with Crippen LogP contribution in [-0.4, -0.2) is 28.1 Å². The number of aliphatic hydroxyl groups excluding tert-OH is 1. The molecule has 4 heteroatoms. The van der Waals surface area contributed by atoms with Crippen molar-refractivity contribution < 1.29 is 19.8 Å². The number of carbonyl (C=O) groups is 2.